The fourth-order valence-corrected chi connectivity index (χ4v) is 6.69. The minimum atomic E-state index is -0.969. The number of ether oxygens (including phenoxy) is 1. The molecule has 0 unspecified atom stereocenters. The van der Waals surface area contributed by atoms with Crippen LogP contribution in [0.2, 0.25) is 10.0 Å². The van der Waals surface area contributed by atoms with E-state index in [1.807, 2.05) is 59.7 Å². The number of benzene rings is 2. The van der Waals surface area contributed by atoms with E-state index in [9.17, 15) is 14.4 Å². The van der Waals surface area contributed by atoms with Crippen LogP contribution in [-0.2, 0) is 16.1 Å². The fraction of sp³-hybridized carbons (Fsp3) is 0.294. The number of hydrogen-bond donors (Lipinski definition) is 4. The first-order valence-electron chi connectivity index (χ1n) is 15.4. The molecule has 4 aromatic rings. The predicted molar refractivity (Wildman–Crippen MR) is 184 cm³/mol. The summed E-state index contributed by atoms with van der Waals surface area (Å²) in [4.78, 5) is 41.9. The van der Waals surface area contributed by atoms with Crippen LogP contribution in [-0.4, -0.2) is 84.1 Å². The predicted octanol–water partition coefficient (Wildman–Crippen LogP) is 4.18. The largest absolute Gasteiger partial charge is 0.481 e. The summed E-state index contributed by atoms with van der Waals surface area (Å²) < 4.78 is 7.36. The number of amides is 2. The molecular formula is C34H35Cl2N7O5. The third-order valence-corrected chi connectivity index (χ3v) is 9.23. The normalized spacial score (nSPS) is 15.9. The number of rotatable bonds is 12. The van der Waals surface area contributed by atoms with Crippen molar-refractivity contribution in [3.8, 4) is 39.4 Å². The highest BCUT2D eigenvalue weighted by atomic mass is 35.5. The van der Waals surface area contributed by atoms with Crippen LogP contribution in [0.25, 0.3) is 33.5 Å². The first-order chi connectivity index (χ1) is 23.1. The quantitative estimate of drug-likeness (QED) is 0.172. The lowest BCUT2D eigenvalue weighted by Gasteiger charge is -2.36. The number of methoxy groups -OCH3 is 1. The Morgan fingerprint density at radius 3 is 2.44 bits per heavy atom. The molecule has 2 aliphatic heterocycles. The van der Waals surface area contributed by atoms with Crippen LogP contribution in [0.5, 0.6) is 5.88 Å². The Morgan fingerprint density at radius 2 is 1.75 bits per heavy atom. The fourth-order valence-electron chi connectivity index (χ4n) is 6.03. The molecule has 48 heavy (non-hydrogen) atoms. The van der Waals surface area contributed by atoms with E-state index in [-0.39, 0.29) is 37.7 Å². The Balaban J connectivity index is 1.27. The number of hydrogen-bond acceptors (Lipinski definition) is 8. The van der Waals surface area contributed by atoms with Gasteiger partial charge in [0.15, 0.2) is 0 Å². The van der Waals surface area contributed by atoms with Crippen molar-refractivity contribution in [2.24, 2.45) is 0 Å². The van der Waals surface area contributed by atoms with Crippen molar-refractivity contribution < 1.29 is 24.2 Å². The number of fused-ring (bicyclic) bond motifs is 1. The smallest absolute Gasteiger partial charge is 0.317 e. The molecule has 0 spiro atoms. The van der Waals surface area contributed by atoms with E-state index in [4.69, 9.17) is 38.0 Å². The molecule has 1 saturated heterocycles. The molecule has 2 aromatic carbocycles. The molecule has 0 aliphatic carbocycles. The molecule has 1 atom stereocenters. The molecule has 2 aliphatic rings. The van der Waals surface area contributed by atoms with E-state index in [1.54, 1.807) is 29.8 Å². The Morgan fingerprint density at radius 1 is 1.04 bits per heavy atom. The lowest BCUT2D eigenvalue weighted by Crippen LogP contribution is -2.54. The van der Waals surface area contributed by atoms with Crippen LogP contribution in [0.15, 0.2) is 60.8 Å². The van der Waals surface area contributed by atoms with Crippen molar-refractivity contribution in [3.05, 3.63) is 82.1 Å². The number of carboxylic acid groups (broad SMARTS) is 1. The zero-order valence-corrected chi connectivity index (χ0v) is 27.9. The second kappa shape index (κ2) is 14.2. The summed E-state index contributed by atoms with van der Waals surface area (Å²) in [6, 6.07) is 17.1. The second-order valence-electron chi connectivity index (χ2n) is 11.7. The van der Waals surface area contributed by atoms with Gasteiger partial charge in [-0.2, -0.15) is 0 Å². The Hall–Kier alpha value is -4.62. The highest BCUT2D eigenvalue weighted by Crippen LogP contribution is 2.43. The Labute approximate surface area is 287 Å². The van der Waals surface area contributed by atoms with Gasteiger partial charge in [0.2, 0.25) is 11.8 Å². The zero-order chi connectivity index (χ0) is 33.9. The van der Waals surface area contributed by atoms with Gasteiger partial charge >= 0.3 is 5.97 Å². The Kier molecular flexibility index (Phi) is 9.88. The summed E-state index contributed by atoms with van der Waals surface area (Å²) in [6.07, 6.45) is 3.20. The number of aliphatic carboxylic acids is 1. The summed E-state index contributed by atoms with van der Waals surface area (Å²) in [6.45, 7) is 1.47. The van der Waals surface area contributed by atoms with Gasteiger partial charge in [-0.25, -0.2) is 4.98 Å². The van der Waals surface area contributed by atoms with Crippen molar-refractivity contribution in [3.63, 3.8) is 0 Å². The van der Waals surface area contributed by atoms with Gasteiger partial charge in [-0.3, -0.25) is 29.4 Å². The Bertz CT molecular complexity index is 1880. The highest BCUT2D eigenvalue weighted by molar-refractivity contribution is 6.39. The summed E-state index contributed by atoms with van der Waals surface area (Å²) in [7, 11) is 3.27. The first-order valence-corrected chi connectivity index (χ1v) is 16.2. The standard InChI is InChI=1S/C34H35Cl2N7O5/c1-41-19-42(18-38-16-30(45)46)43-17-21(13-28(43)34(41)47)23-5-3-6-24(31(23)35)25-7-4-8-26(32(25)36)27-11-9-20(33(40-27)48-2)14-37-15-22-10-12-29(44)39-22/h3-9,11,13,17,22,37-38H,10,12,14-16,18-19H2,1-2H3,(H,39,44)(H,45,46)/t22-/m0/s1. The third kappa shape index (κ3) is 6.83. The molecule has 1 fully saturated rings. The number of halogens is 2. The van der Waals surface area contributed by atoms with Crippen molar-refractivity contribution in [1.29, 1.82) is 0 Å². The molecule has 0 bridgehead atoms. The SMILES string of the molecule is COc1nc(-c2cccc(-c3cccc(-c4cc5n(c4)N(CNCC(=O)O)CN(C)C5=O)c3Cl)c2Cl)ccc1CNC[C@@H]1CCC(=O)N1. The zero-order valence-electron chi connectivity index (χ0n) is 26.4. The van der Waals surface area contributed by atoms with E-state index in [1.165, 1.54) is 0 Å². The number of aromatic nitrogens is 2. The van der Waals surface area contributed by atoms with Gasteiger partial charge in [0.1, 0.15) is 12.4 Å². The van der Waals surface area contributed by atoms with Gasteiger partial charge in [-0.05, 0) is 18.6 Å². The number of carbonyl (C=O) groups is 3. The molecular weight excluding hydrogens is 657 g/mol. The van der Waals surface area contributed by atoms with Gasteiger partial charge in [-0.15, -0.1) is 0 Å². The number of pyridine rings is 1. The van der Waals surface area contributed by atoms with Crippen LogP contribution < -0.4 is 25.7 Å². The van der Waals surface area contributed by atoms with E-state index in [0.717, 1.165) is 17.5 Å². The van der Waals surface area contributed by atoms with Crippen LogP contribution >= 0.6 is 23.2 Å². The van der Waals surface area contributed by atoms with Crippen molar-refractivity contribution in [2.75, 3.05) is 45.6 Å². The number of carbonyl (C=O) groups excluding carboxylic acids is 2. The number of carboxylic acids is 1. The molecule has 4 N–H and O–H groups in total. The van der Waals surface area contributed by atoms with Crippen LogP contribution in [0.1, 0.15) is 28.9 Å². The van der Waals surface area contributed by atoms with Crippen LogP contribution in [0.3, 0.4) is 0 Å². The molecule has 12 nitrogen and oxygen atoms in total. The third-order valence-electron chi connectivity index (χ3n) is 8.42. The molecule has 6 rings (SSSR count). The summed E-state index contributed by atoms with van der Waals surface area (Å²) >= 11 is 14.1. The molecule has 2 amide bonds. The van der Waals surface area contributed by atoms with Crippen molar-refractivity contribution in [1.82, 2.24) is 30.5 Å². The topological polar surface area (TPSA) is 141 Å². The van der Waals surface area contributed by atoms with E-state index >= 15 is 0 Å². The van der Waals surface area contributed by atoms with E-state index in [2.05, 4.69) is 16.0 Å². The first kappa shape index (κ1) is 33.3. The molecule has 0 radical (unpaired) electrons. The molecule has 0 saturated carbocycles. The van der Waals surface area contributed by atoms with Crippen LogP contribution in [0, 0.1) is 0 Å². The van der Waals surface area contributed by atoms with E-state index in [0.29, 0.717) is 69.1 Å². The molecule has 14 heteroatoms. The molecule has 2 aromatic heterocycles. The van der Waals surface area contributed by atoms with Gasteiger partial charge in [-0.1, -0.05) is 65.7 Å². The lowest BCUT2D eigenvalue weighted by atomic mass is 9.97. The average Bonchev–Trinajstić information content (AvgIpc) is 3.70. The second-order valence-corrected chi connectivity index (χ2v) is 12.5. The van der Waals surface area contributed by atoms with Gasteiger partial charge < -0.3 is 25.4 Å². The summed E-state index contributed by atoms with van der Waals surface area (Å²) in [5.41, 5.74) is 5.51. The molecule has 250 valence electrons. The summed E-state index contributed by atoms with van der Waals surface area (Å²) in [5.74, 6) is -0.571. The van der Waals surface area contributed by atoms with Crippen molar-refractivity contribution >= 4 is 41.0 Å². The minimum Gasteiger partial charge on any atom is -0.481 e. The highest BCUT2D eigenvalue weighted by Gasteiger charge is 2.29. The maximum absolute atomic E-state index is 13.0. The molecule has 4 heterocycles. The maximum Gasteiger partial charge on any atom is 0.317 e. The monoisotopic (exact) mass is 691 g/mol. The lowest BCUT2D eigenvalue weighted by molar-refractivity contribution is -0.136. The van der Waals surface area contributed by atoms with Gasteiger partial charge in [0.05, 0.1) is 36.1 Å². The van der Waals surface area contributed by atoms with E-state index < -0.39 is 5.97 Å². The minimum absolute atomic E-state index is 0.0848. The van der Waals surface area contributed by atoms with Crippen LogP contribution in [0.4, 0.5) is 0 Å². The number of nitrogens with one attached hydrogen (secondary N) is 3. The number of nitrogens with zero attached hydrogens (tertiary/aromatic N) is 4. The van der Waals surface area contributed by atoms with Gasteiger partial charge in [0.25, 0.3) is 5.91 Å². The average molecular weight is 693 g/mol. The van der Waals surface area contributed by atoms with Crippen molar-refractivity contribution in [2.45, 2.75) is 25.4 Å². The van der Waals surface area contributed by atoms with Gasteiger partial charge in [0, 0.05) is 72.2 Å². The summed E-state index contributed by atoms with van der Waals surface area (Å²) in [5, 5.41) is 21.0. The maximum atomic E-state index is 13.0.